The van der Waals surface area contributed by atoms with E-state index in [0.717, 1.165) is 18.5 Å². The quantitative estimate of drug-likeness (QED) is 0.297. The molecule has 1 amide bonds. The first-order valence-electron chi connectivity index (χ1n) is 11.0. The van der Waals surface area contributed by atoms with Crippen LogP contribution in [-0.4, -0.2) is 34.6 Å². The largest absolute Gasteiger partial charge is 0.437 e. The number of halogens is 8. The molecule has 1 fully saturated rings. The molecule has 3 rings (SSSR count). The molecule has 3 N–H and O–H groups in total. The molecule has 0 saturated heterocycles. The van der Waals surface area contributed by atoms with Crippen molar-refractivity contribution in [3.63, 3.8) is 0 Å². The molecule has 38 heavy (non-hydrogen) atoms. The maximum atomic E-state index is 14.8. The van der Waals surface area contributed by atoms with Gasteiger partial charge >= 0.3 is 18.0 Å². The summed E-state index contributed by atoms with van der Waals surface area (Å²) in [6.45, 7) is 2.93. The number of allylic oxidation sites excluding steroid dienone is 1. The van der Waals surface area contributed by atoms with E-state index in [9.17, 15) is 35.5 Å². The van der Waals surface area contributed by atoms with Gasteiger partial charge in [-0.15, -0.1) is 0 Å². The lowest BCUT2D eigenvalue weighted by molar-refractivity contribution is -0.350. The number of amides is 1. The van der Waals surface area contributed by atoms with Crippen molar-refractivity contribution >= 4 is 35.1 Å². The highest BCUT2D eigenvalue weighted by Gasteiger charge is 2.75. The number of nitriles is 1. The molecule has 6 nitrogen and oxygen atoms in total. The average Bonchev–Trinajstić information content (AvgIpc) is 3.56. The molecule has 204 valence electrons. The molecule has 1 aromatic carbocycles. The van der Waals surface area contributed by atoms with E-state index in [1.807, 2.05) is 6.07 Å². The summed E-state index contributed by atoms with van der Waals surface area (Å²) in [7, 11) is 0. The summed E-state index contributed by atoms with van der Waals surface area (Å²) in [5, 5.41) is 11.7. The topological polar surface area (TPSA) is 96.2 Å². The van der Waals surface area contributed by atoms with Crippen molar-refractivity contribution in [2.24, 2.45) is 10.7 Å². The van der Waals surface area contributed by atoms with E-state index in [0.29, 0.717) is 10.6 Å². The fraction of sp³-hybridized carbons (Fsp3) is 0.375. The molecule has 1 heterocycles. The van der Waals surface area contributed by atoms with Gasteiger partial charge in [0.15, 0.2) is 0 Å². The first kappa shape index (κ1) is 29.0. The lowest BCUT2D eigenvalue weighted by atomic mass is 10.0. The van der Waals surface area contributed by atoms with E-state index in [4.69, 9.17) is 22.6 Å². The number of alkyl halides is 7. The van der Waals surface area contributed by atoms with Gasteiger partial charge in [0.25, 0.3) is 5.91 Å². The summed E-state index contributed by atoms with van der Waals surface area (Å²) in [5.41, 5.74) is -2.39. The summed E-state index contributed by atoms with van der Waals surface area (Å²) in [6, 6.07) is 6.50. The lowest BCUT2D eigenvalue weighted by Crippen LogP contribution is -2.51. The van der Waals surface area contributed by atoms with E-state index in [1.54, 1.807) is 0 Å². The highest BCUT2D eigenvalue weighted by Crippen LogP contribution is 2.56. The summed E-state index contributed by atoms with van der Waals surface area (Å²) < 4.78 is 95.7. The molecule has 0 atom stereocenters. The first-order chi connectivity index (χ1) is 17.5. The van der Waals surface area contributed by atoms with Gasteiger partial charge < -0.3 is 15.6 Å². The number of hydrogen-bond donors (Lipinski definition) is 2. The Bertz CT molecular complexity index is 1320. The molecule has 0 aliphatic heterocycles. The third-order valence-corrected chi connectivity index (χ3v) is 6.04. The Balaban J connectivity index is 2.01. The molecule has 1 saturated carbocycles. The minimum Gasteiger partial charge on any atom is -0.404 e. The van der Waals surface area contributed by atoms with Gasteiger partial charge in [-0.1, -0.05) is 17.7 Å². The van der Waals surface area contributed by atoms with Crippen LogP contribution < -0.4 is 11.1 Å². The standard InChI is InChI=1S/C24H21ClF7N5O/c1-21(2,12-34)36-20(38)16-9-13(3-6-17(16)25)14(10-33)11-35-19-8-7-18(37(19)15-4-5-15)22(26,23(27,28)29)24(30,31)32/h3,6-11,15H,4-5,33H2,1-2H3,(H,36,38). The number of nitrogens with zero attached hydrogens (tertiary/aromatic N) is 3. The van der Waals surface area contributed by atoms with Gasteiger partial charge in [-0.3, -0.25) is 4.79 Å². The van der Waals surface area contributed by atoms with E-state index in [2.05, 4.69) is 10.3 Å². The molecule has 14 heteroatoms. The second-order valence-electron chi connectivity index (χ2n) is 9.10. The zero-order valence-electron chi connectivity index (χ0n) is 19.9. The Labute approximate surface area is 217 Å². The van der Waals surface area contributed by atoms with E-state index < -0.39 is 41.2 Å². The van der Waals surface area contributed by atoms with Gasteiger partial charge in [0.2, 0.25) is 0 Å². The van der Waals surface area contributed by atoms with Crippen molar-refractivity contribution < 1.29 is 35.5 Å². The Kier molecular flexibility index (Phi) is 7.62. The fourth-order valence-electron chi connectivity index (χ4n) is 3.60. The molecule has 0 bridgehead atoms. The Morgan fingerprint density at radius 3 is 2.24 bits per heavy atom. The molecule has 1 aliphatic rings. The second-order valence-corrected chi connectivity index (χ2v) is 9.50. The summed E-state index contributed by atoms with van der Waals surface area (Å²) in [4.78, 5) is 16.6. The van der Waals surface area contributed by atoms with Crippen LogP contribution in [0.4, 0.5) is 36.6 Å². The third kappa shape index (κ3) is 5.50. The molecular formula is C24H21ClF7N5O. The van der Waals surface area contributed by atoms with Gasteiger partial charge in [0, 0.05) is 24.0 Å². The predicted molar refractivity (Wildman–Crippen MR) is 127 cm³/mol. The number of benzene rings is 1. The molecule has 0 unspecified atom stereocenters. The molecular weight excluding hydrogens is 543 g/mol. The maximum Gasteiger partial charge on any atom is 0.437 e. The minimum absolute atomic E-state index is 0.0264. The van der Waals surface area contributed by atoms with Crippen LogP contribution in [0.3, 0.4) is 0 Å². The highest BCUT2D eigenvalue weighted by atomic mass is 35.5. The van der Waals surface area contributed by atoms with E-state index >= 15 is 0 Å². The number of carbonyl (C=O) groups is 1. The average molecular weight is 564 g/mol. The van der Waals surface area contributed by atoms with Gasteiger partial charge in [-0.2, -0.15) is 31.6 Å². The number of rotatable bonds is 7. The van der Waals surface area contributed by atoms with Crippen molar-refractivity contribution in [1.29, 1.82) is 5.26 Å². The molecule has 1 aliphatic carbocycles. The van der Waals surface area contributed by atoms with Crippen LogP contribution in [0.15, 0.2) is 41.5 Å². The van der Waals surface area contributed by atoms with Gasteiger partial charge in [0.05, 0.1) is 22.3 Å². The van der Waals surface area contributed by atoms with Crippen LogP contribution in [0, 0.1) is 11.3 Å². The first-order valence-corrected chi connectivity index (χ1v) is 11.4. The van der Waals surface area contributed by atoms with E-state index in [1.165, 1.54) is 32.0 Å². The van der Waals surface area contributed by atoms with Crippen LogP contribution in [0.25, 0.3) is 5.57 Å². The summed E-state index contributed by atoms with van der Waals surface area (Å²) >= 11 is 6.11. The van der Waals surface area contributed by atoms with Crippen molar-refractivity contribution in [1.82, 2.24) is 9.88 Å². The van der Waals surface area contributed by atoms with Crippen LogP contribution in [0.1, 0.15) is 54.3 Å². The lowest BCUT2D eigenvalue weighted by Gasteiger charge is -2.31. The zero-order valence-corrected chi connectivity index (χ0v) is 20.6. The Morgan fingerprint density at radius 1 is 1.13 bits per heavy atom. The van der Waals surface area contributed by atoms with Crippen LogP contribution in [0.2, 0.25) is 5.02 Å². The Morgan fingerprint density at radius 2 is 1.74 bits per heavy atom. The highest BCUT2D eigenvalue weighted by molar-refractivity contribution is 6.34. The van der Waals surface area contributed by atoms with Crippen molar-refractivity contribution in [3.05, 3.63) is 58.4 Å². The second kappa shape index (κ2) is 9.98. The Hall–Kier alpha value is -3.53. The van der Waals surface area contributed by atoms with Crippen LogP contribution in [-0.2, 0) is 5.67 Å². The third-order valence-electron chi connectivity index (χ3n) is 5.71. The molecule has 1 aromatic heterocycles. The summed E-state index contributed by atoms with van der Waals surface area (Å²) in [6.07, 6.45) is -9.94. The van der Waals surface area contributed by atoms with Gasteiger partial charge in [0.1, 0.15) is 11.4 Å². The van der Waals surface area contributed by atoms with Crippen molar-refractivity contribution in [2.75, 3.05) is 0 Å². The number of hydrogen-bond acceptors (Lipinski definition) is 4. The van der Waals surface area contributed by atoms with Gasteiger partial charge in [-0.25, -0.2) is 9.38 Å². The number of nitrogens with one attached hydrogen (secondary N) is 1. The SMILES string of the molecule is CC(C)(C#N)NC(=O)c1cc(C(C=Nc2ccc(C(F)(C(F)(F)F)C(F)(F)F)n2C2CC2)=CN)ccc1Cl. The minimum atomic E-state index is -6.26. The van der Waals surface area contributed by atoms with Crippen LogP contribution in [0.5, 0.6) is 0 Å². The van der Waals surface area contributed by atoms with Crippen molar-refractivity contribution in [3.8, 4) is 6.07 Å². The maximum absolute atomic E-state index is 14.8. The molecule has 2 aromatic rings. The molecule has 0 spiro atoms. The fourth-order valence-corrected chi connectivity index (χ4v) is 3.80. The zero-order chi connectivity index (χ0) is 28.7. The number of nitrogens with two attached hydrogens (primary N) is 1. The number of aliphatic imine (C=N–C) groups is 1. The monoisotopic (exact) mass is 563 g/mol. The van der Waals surface area contributed by atoms with Crippen LogP contribution >= 0.6 is 11.6 Å². The molecule has 0 radical (unpaired) electrons. The van der Waals surface area contributed by atoms with Crippen molar-refractivity contribution in [2.45, 2.75) is 56.3 Å². The van der Waals surface area contributed by atoms with Gasteiger partial charge in [-0.05, 0) is 56.5 Å². The normalized spacial score (nSPS) is 15.6. The number of carbonyl (C=O) groups excluding carboxylic acids is 1. The predicted octanol–water partition coefficient (Wildman–Crippen LogP) is 6.50. The summed E-state index contributed by atoms with van der Waals surface area (Å²) in [5.74, 6) is -1.03. The van der Waals surface area contributed by atoms with E-state index in [-0.39, 0.29) is 40.4 Å². The number of aromatic nitrogens is 1. The smallest absolute Gasteiger partial charge is 0.404 e.